The van der Waals surface area contributed by atoms with E-state index < -0.39 is 0 Å². The van der Waals surface area contributed by atoms with Crippen LogP contribution in [0.1, 0.15) is 16.9 Å². The second-order valence-electron chi connectivity index (χ2n) is 4.86. The van der Waals surface area contributed by atoms with Crippen LogP contribution in [0.3, 0.4) is 0 Å². The smallest absolute Gasteiger partial charge is 0.220 e. The van der Waals surface area contributed by atoms with Crippen molar-refractivity contribution in [3.8, 4) is 11.5 Å². The van der Waals surface area contributed by atoms with Crippen LogP contribution in [0.15, 0.2) is 35.7 Å². The predicted octanol–water partition coefficient (Wildman–Crippen LogP) is 3.06. The van der Waals surface area contributed by atoms with Gasteiger partial charge in [0.25, 0.3) is 0 Å². The third-order valence-electron chi connectivity index (χ3n) is 3.39. The van der Waals surface area contributed by atoms with E-state index in [0.717, 1.165) is 29.9 Å². The predicted molar refractivity (Wildman–Crippen MR) is 88.9 cm³/mol. The number of amides is 1. The van der Waals surface area contributed by atoms with E-state index in [-0.39, 0.29) is 5.91 Å². The summed E-state index contributed by atoms with van der Waals surface area (Å²) in [6.45, 7) is 0.603. The molecule has 0 saturated carbocycles. The van der Waals surface area contributed by atoms with Gasteiger partial charge in [-0.1, -0.05) is 12.1 Å². The van der Waals surface area contributed by atoms with E-state index in [1.54, 1.807) is 25.6 Å². The van der Waals surface area contributed by atoms with E-state index in [1.165, 1.54) is 4.88 Å². The van der Waals surface area contributed by atoms with Gasteiger partial charge in [0.2, 0.25) is 5.91 Å². The molecule has 0 bridgehead atoms. The topological polar surface area (TPSA) is 47.6 Å². The molecule has 2 rings (SSSR count). The third kappa shape index (κ3) is 4.77. The maximum Gasteiger partial charge on any atom is 0.220 e. The van der Waals surface area contributed by atoms with E-state index in [4.69, 9.17) is 9.47 Å². The van der Waals surface area contributed by atoms with Crippen LogP contribution in [-0.2, 0) is 17.6 Å². The molecular formula is C17H21NO3S. The Morgan fingerprint density at radius 2 is 2.05 bits per heavy atom. The first kappa shape index (κ1) is 16.4. The van der Waals surface area contributed by atoms with Crippen molar-refractivity contribution in [3.63, 3.8) is 0 Å². The van der Waals surface area contributed by atoms with Gasteiger partial charge in [0, 0.05) is 23.9 Å². The van der Waals surface area contributed by atoms with Crippen LogP contribution in [0.4, 0.5) is 0 Å². The van der Waals surface area contributed by atoms with Gasteiger partial charge in [-0.25, -0.2) is 0 Å². The molecule has 2 aromatic rings. The van der Waals surface area contributed by atoms with Gasteiger partial charge < -0.3 is 14.8 Å². The Morgan fingerprint density at radius 1 is 1.18 bits per heavy atom. The summed E-state index contributed by atoms with van der Waals surface area (Å²) in [5.41, 5.74) is 1.06. The lowest BCUT2D eigenvalue weighted by atomic mass is 10.1. The number of rotatable bonds is 8. The van der Waals surface area contributed by atoms with Crippen molar-refractivity contribution >= 4 is 17.2 Å². The Balaban J connectivity index is 1.77. The molecule has 1 aromatic carbocycles. The number of nitrogens with one attached hydrogen (secondary N) is 1. The average molecular weight is 319 g/mol. The second-order valence-corrected chi connectivity index (χ2v) is 5.89. The largest absolute Gasteiger partial charge is 0.497 e. The summed E-state index contributed by atoms with van der Waals surface area (Å²) in [6.07, 6.45) is 2.06. The van der Waals surface area contributed by atoms with Crippen molar-refractivity contribution in [1.29, 1.82) is 0 Å². The molecule has 4 nitrogen and oxygen atoms in total. The Morgan fingerprint density at radius 3 is 2.73 bits per heavy atom. The number of aryl methyl sites for hydroxylation is 1. The van der Waals surface area contributed by atoms with Crippen molar-refractivity contribution in [3.05, 3.63) is 46.2 Å². The molecule has 0 saturated heterocycles. The van der Waals surface area contributed by atoms with Gasteiger partial charge in [0.15, 0.2) is 0 Å². The van der Waals surface area contributed by atoms with Gasteiger partial charge in [-0.05, 0) is 35.9 Å². The second kappa shape index (κ2) is 8.44. The summed E-state index contributed by atoms with van der Waals surface area (Å²) >= 11 is 1.69. The van der Waals surface area contributed by atoms with Gasteiger partial charge in [0.05, 0.1) is 14.2 Å². The van der Waals surface area contributed by atoms with Crippen LogP contribution in [0.5, 0.6) is 11.5 Å². The molecule has 0 aliphatic rings. The Kier molecular flexibility index (Phi) is 6.27. The summed E-state index contributed by atoms with van der Waals surface area (Å²) in [5, 5.41) is 4.98. The molecule has 0 radical (unpaired) electrons. The first-order valence-corrected chi connectivity index (χ1v) is 8.11. The number of carbonyl (C=O) groups excluding carboxylic acids is 1. The fourth-order valence-corrected chi connectivity index (χ4v) is 2.88. The summed E-state index contributed by atoms with van der Waals surface area (Å²) < 4.78 is 10.5. The van der Waals surface area contributed by atoms with E-state index in [1.807, 2.05) is 29.6 Å². The lowest BCUT2D eigenvalue weighted by Crippen LogP contribution is -2.25. The van der Waals surface area contributed by atoms with E-state index >= 15 is 0 Å². The average Bonchev–Trinajstić information content (AvgIpc) is 3.06. The van der Waals surface area contributed by atoms with Gasteiger partial charge in [-0.2, -0.15) is 0 Å². The number of thiophene rings is 1. The fraction of sp³-hybridized carbons (Fsp3) is 0.353. The van der Waals surface area contributed by atoms with Crippen LogP contribution >= 0.6 is 11.3 Å². The molecule has 1 amide bonds. The molecule has 1 heterocycles. The molecular weight excluding hydrogens is 298 g/mol. The molecule has 0 unspecified atom stereocenters. The lowest BCUT2D eigenvalue weighted by molar-refractivity contribution is -0.121. The monoisotopic (exact) mass is 319 g/mol. The van der Waals surface area contributed by atoms with Crippen LogP contribution < -0.4 is 14.8 Å². The number of benzene rings is 1. The highest BCUT2D eigenvalue weighted by Crippen LogP contribution is 2.24. The SMILES string of the molecule is COc1ccc(CCNC(=O)CCc2cccs2)c(OC)c1. The lowest BCUT2D eigenvalue weighted by Gasteiger charge is -2.11. The molecule has 22 heavy (non-hydrogen) atoms. The summed E-state index contributed by atoms with van der Waals surface area (Å²) in [6, 6.07) is 9.79. The zero-order valence-corrected chi connectivity index (χ0v) is 13.7. The molecule has 1 N–H and O–H groups in total. The Labute approximate surface area is 135 Å². The van der Waals surface area contributed by atoms with Crippen molar-refractivity contribution in [2.24, 2.45) is 0 Å². The van der Waals surface area contributed by atoms with Crippen LogP contribution in [-0.4, -0.2) is 26.7 Å². The van der Waals surface area contributed by atoms with Crippen molar-refractivity contribution in [1.82, 2.24) is 5.32 Å². The quantitative estimate of drug-likeness (QED) is 0.813. The van der Waals surface area contributed by atoms with Gasteiger partial charge >= 0.3 is 0 Å². The number of carbonyl (C=O) groups is 1. The molecule has 1 aromatic heterocycles. The van der Waals surface area contributed by atoms with E-state index in [0.29, 0.717) is 13.0 Å². The normalized spacial score (nSPS) is 10.3. The van der Waals surface area contributed by atoms with Crippen molar-refractivity contribution in [2.75, 3.05) is 20.8 Å². The third-order valence-corrected chi connectivity index (χ3v) is 4.33. The molecule has 0 atom stereocenters. The number of hydrogen-bond donors (Lipinski definition) is 1. The molecule has 0 aliphatic carbocycles. The standard InChI is InChI=1S/C17H21NO3S/c1-20-14-6-5-13(16(12-14)21-2)9-10-18-17(19)8-7-15-4-3-11-22-15/h3-6,11-12H,7-10H2,1-2H3,(H,18,19). The summed E-state index contributed by atoms with van der Waals surface area (Å²) in [4.78, 5) is 13.1. The van der Waals surface area contributed by atoms with Crippen LogP contribution in [0, 0.1) is 0 Å². The van der Waals surface area contributed by atoms with Gasteiger partial charge in [0.1, 0.15) is 11.5 Å². The summed E-state index contributed by atoms with van der Waals surface area (Å²) in [7, 11) is 3.26. The van der Waals surface area contributed by atoms with Gasteiger partial charge in [-0.3, -0.25) is 4.79 Å². The minimum absolute atomic E-state index is 0.0841. The fourth-order valence-electron chi connectivity index (χ4n) is 2.17. The first-order valence-electron chi connectivity index (χ1n) is 7.23. The number of ether oxygens (including phenoxy) is 2. The number of hydrogen-bond acceptors (Lipinski definition) is 4. The summed E-state index contributed by atoms with van der Waals surface area (Å²) in [5.74, 6) is 1.63. The highest BCUT2D eigenvalue weighted by molar-refractivity contribution is 7.09. The Bertz CT molecular complexity index is 596. The first-order chi connectivity index (χ1) is 10.7. The highest BCUT2D eigenvalue weighted by atomic mass is 32.1. The maximum absolute atomic E-state index is 11.8. The Hall–Kier alpha value is -2.01. The number of methoxy groups -OCH3 is 2. The van der Waals surface area contributed by atoms with E-state index in [2.05, 4.69) is 11.4 Å². The van der Waals surface area contributed by atoms with Crippen molar-refractivity contribution < 1.29 is 14.3 Å². The zero-order valence-electron chi connectivity index (χ0n) is 12.9. The van der Waals surface area contributed by atoms with Crippen molar-refractivity contribution in [2.45, 2.75) is 19.3 Å². The zero-order chi connectivity index (χ0) is 15.8. The molecule has 0 aliphatic heterocycles. The maximum atomic E-state index is 11.8. The van der Waals surface area contributed by atoms with Crippen LogP contribution in [0.2, 0.25) is 0 Å². The molecule has 0 fully saturated rings. The molecule has 5 heteroatoms. The minimum atomic E-state index is 0.0841. The minimum Gasteiger partial charge on any atom is -0.497 e. The van der Waals surface area contributed by atoms with E-state index in [9.17, 15) is 4.79 Å². The molecule has 0 spiro atoms. The molecule has 118 valence electrons. The highest BCUT2D eigenvalue weighted by Gasteiger charge is 2.07. The van der Waals surface area contributed by atoms with Crippen LogP contribution in [0.25, 0.3) is 0 Å². The van der Waals surface area contributed by atoms with Gasteiger partial charge in [-0.15, -0.1) is 11.3 Å².